The average molecular weight is 318 g/mol. The number of hydrogen-bond donors (Lipinski definition) is 3. The van der Waals surface area contributed by atoms with Gasteiger partial charge in [-0.2, -0.15) is 0 Å². The Labute approximate surface area is 122 Å². The molecule has 1 amide bonds. The van der Waals surface area contributed by atoms with Crippen LogP contribution in [0.2, 0.25) is 5.02 Å². The van der Waals surface area contributed by atoms with Crippen molar-refractivity contribution >= 4 is 33.0 Å². The normalized spacial score (nSPS) is 18.5. The van der Waals surface area contributed by atoms with Gasteiger partial charge in [0, 0.05) is 11.1 Å². The van der Waals surface area contributed by atoms with Crippen LogP contribution in [-0.4, -0.2) is 31.9 Å². The summed E-state index contributed by atoms with van der Waals surface area (Å²) in [6.45, 7) is 0. The fourth-order valence-corrected chi connectivity index (χ4v) is 3.79. The number of carbonyl (C=O) groups excluding carboxylic acids is 1. The van der Waals surface area contributed by atoms with Crippen molar-refractivity contribution in [1.29, 1.82) is 0 Å². The monoisotopic (exact) mass is 317 g/mol. The van der Waals surface area contributed by atoms with E-state index in [1.165, 1.54) is 6.07 Å². The number of amides is 1. The lowest BCUT2D eigenvalue weighted by Gasteiger charge is -2.23. The molecule has 0 bridgehead atoms. The summed E-state index contributed by atoms with van der Waals surface area (Å²) in [7, 11) is -2.94. The third kappa shape index (κ3) is 3.62. The zero-order valence-electron chi connectivity index (χ0n) is 10.7. The van der Waals surface area contributed by atoms with Gasteiger partial charge in [-0.05, 0) is 31.0 Å². The van der Waals surface area contributed by atoms with E-state index in [1.807, 2.05) is 0 Å². The minimum absolute atomic E-state index is 0.107. The third-order valence-electron chi connectivity index (χ3n) is 3.27. The molecule has 6 nitrogen and oxygen atoms in total. The summed E-state index contributed by atoms with van der Waals surface area (Å²) in [6, 6.07) is 4.62. The van der Waals surface area contributed by atoms with Crippen LogP contribution < -0.4 is 16.6 Å². The highest BCUT2D eigenvalue weighted by molar-refractivity contribution is 7.91. The maximum absolute atomic E-state index is 12.2. The first-order valence-electron chi connectivity index (χ1n) is 6.19. The first-order valence-corrected chi connectivity index (χ1v) is 8.39. The maximum atomic E-state index is 12.2. The fourth-order valence-electron chi connectivity index (χ4n) is 2.13. The van der Waals surface area contributed by atoms with Gasteiger partial charge in [0.25, 0.3) is 5.91 Å². The summed E-state index contributed by atoms with van der Waals surface area (Å²) in [5.41, 5.74) is 3.25. The number of halogens is 1. The summed E-state index contributed by atoms with van der Waals surface area (Å²) in [4.78, 5) is 12.2. The molecule has 1 aromatic carbocycles. The lowest BCUT2D eigenvalue weighted by Crippen LogP contribution is -2.41. The number of carbonyl (C=O) groups is 1. The fraction of sp³-hybridized carbons (Fsp3) is 0.417. The van der Waals surface area contributed by atoms with E-state index in [-0.39, 0.29) is 23.5 Å². The summed E-state index contributed by atoms with van der Waals surface area (Å²) in [5, 5.41) is 3.25. The van der Waals surface area contributed by atoms with Gasteiger partial charge in [-0.1, -0.05) is 11.6 Å². The zero-order valence-corrected chi connectivity index (χ0v) is 12.3. The smallest absolute Gasteiger partial charge is 0.253 e. The third-order valence-corrected chi connectivity index (χ3v) is 5.22. The molecular weight excluding hydrogens is 302 g/mol. The predicted octanol–water partition coefficient (Wildman–Crippen LogP) is 0.933. The number of sulfone groups is 1. The number of anilines is 1. The molecule has 0 spiro atoms. The molecule has 1 fully saturated rings. The van der Waals surface area contributed by atoms with Crippen LogP contribution in [0.3, 0.4) is 0 Å². The standard InChI is InChI=1S/C12H16ClN3O3S/c13-8-1-2-11(16-14)10(7-8)12(17)15-9-3-5-20(18,19)6-4-9/h1-2,7,9,16H,3-6,14H2,(H,15,17). The van der Waals surface area contributed by atoms with Gasteiger partial charge in [0.2, 0.25) is 0 Å². The van der Waals surface area contributed by atoms with Crippen molar-refractivity contribution < 1.29 is 13.2 Å². The van der Waals surface area contributed by atoms with Gasteiger partial charge in [0.05, 0.1) is 22.8 Å². The van der Waals surface area contributed by atoms with Gasteiger partial charge in [-0.25, -0.2) is 8.42 Å². The van der Waals surface area contributed by atoms with E-state index < -0.39 is 9.84 Å². The minimum atomic E-state index is -2.94. The topological polar surface area (TPSA) is 101 Å². The molecule has 0 atom stereocenters. The van der Waals surface area contributed by atoms with Crippen molar-refractivity contribution in [3.05, 3.63) is 28.8 Å². The highest BCUT2D eigenvalue weighted by Crippen LogP contribution is 2.21. The van der Waals surface area contributed by atoms with E-state index in [4.69, 9.17) is 17.4 Å². The van der Waals surface area contributed by atoms with E-state index >= 15 is 0 Å². The number of nitrogens with two attached hydrogens (primary N) is 1. The van der Waals surface area contributed by atoms with Gasteiger partial charge >= 0.3 is 0 Å². The molecule has 8 heteroatoms. The Morgan fingerprint density at radius 1 is 1.30 bits per heavy atom. The van der Waals surface area contributed by atoms with Crippen LogP contribution in [0.15, 0.2) is 18.2 Å². The highest BCUT2D eigenvalue weighted by Gasteiger charge is 2.25. The number of nitrogens with one attached hydrogen (secondary N) is 2. The molecule has 0 unspecified atom stereocenters. The lowest BCUT2D eigenvalue weighted by molar-refractivity contribution is 0.0935. The lowest BCUT2D eigenvalue weighted by atomic mass is 10.1. The molecule has 1 aromatic rings. The molecule has 1 saturated heterocycles. The van der Waals surface area contributed by atoms with Gasteiger partial charge in [-0.15, -0.1) is 0 Å². The minimum Gasteiger partial charge on any atom is -0.349 e. The average Bonchev–Trinajstić information content (AvgIpc) is 2.41. The SMILES string of the molecule is NNc1ccc(Cl)cc1C(=O)NC1CCS(=O)(=O)CC1. The highest BCUT2D eigenvalue weighted by atomic mass is 35.5. The molecule has 0 aromatic heterocycles. The van der Waals surface area contributed by atoms with Crippen molar-refractivity contribution in [2.24, 2.45) is 5.84 Å². The molecular formula is C12H16ClN3O3S. The zero-order chi connectivity index (χ0) is 14.8. The van der Waals surface area contributed by atoms with Crippen molar-refractivity contribution in [2.45, 2.75) is 18.9 Å². The van der Waals surface area contributed by atoms with Gasteiger partial charge in [-0.3, -0.25) is 10.6 Å². The van der Waals surface area contributed by atoms with E-state index in [9.17, 15) is 13.2 Å². The number of benzene rings is 1. The van der Waals surface area contributed by atoms with Crippen LogP contribution in [-0.2, 0) is 9.84 Å². The molecule has 1 aliphatic rings. The molecule has 0 radical (unpaired) electrons. The summed E-state index contributed by atoms with van der Waals surface area (Å²) in [6.07, 6.45) is 0.861. The predicted molar refractivity (Wildman–Crippen MR) is 78.4 cm³/mol. The van der Waals surface area contributed by atoms with Crippen LogP contribution in [0.5, 0.6) is 0 Å². The van der Waals surface area contributed by atoms with E-state index in [0.717, 1.165) is 0 Å². The van der Waals surface area contributed by atoms with Crippen molar-refractivity contribution in [3.63, 3.8) is 0 Å². The molecule has 4 N–H and O–H groups in total. The Bertz CT molecular complexity index is 604. The Balaban J connectivity index is 2.07. The van der Waals surface area contributed by atoms with Crippen molar-refractivity contribution in [2.75, 3.05) is 16.9 Å². The summed E-state index contributed by atoms with van der Waals surface area (Å²) in [5.74, 6) is 5.25. The number of rotatable bonds is 3. The van der Waals surface area contributed by atoms with Crippen LogP contribution in [0.25, 0.3) is 0 Å². The number of nitrogen functional groups attached to an aromatic ring is 1. The van der Waals surface area contributed by atoms with Gasteiger partial charge < -0.3 is 10.7 Å². The van der Waals surface area contributed by atoms with E-state index in [2.05, 4.69) is 10.7 Å². The summed E-state index contributed by atoms with van der Waals surface area (Å²) >= 11 is 5.87. The first-order chi connectivity index (χ1) is 9.41. The molecule has 1 aliphatic heterocycles. The largest absolute Gasteiger partial charge is 0.349 e. The van der Waals surface area contributed by atoms with E-state index in [1.54, 1.807) is 12.1 Å². The Hall–Kier alpha value is -1.31. The quantitative estimate of drug-likeness (QED) is 0.569. The molecule has 1 heterocycles. The molecule has 0 aliphatic carbocycles. The van der Waals surface area contributed by atoms with Crippen LogP contribution in [0.1, 0.15) is 23.2 Å². The Kier molecular flexibility index (Phi) is 4.52. The van der Waals surface area contributed by atoms with Gasteiger partial charge in [0.15, 0.2) is 0 Å². The van der Waals surface area contributed by atoms with Gasteiger partial charge in [0.1, 0.15) is 9.84 Å². The van der Waals surface area contributed by atoms with Crippen LogP contribution in [0, 0.1) is 0 Å². The Morgan fingerprint density at radius 2 is 1.95 bits per heavy atom. The second-order valence-corrected chi connectivity index (χ2v) is 7.47. The molecule has 20 heavy (non-hydrogen) atoms. The molecule has 0 saturated carbocycles. The maximum Gasteiger partial charge on any atom is 0.253 e. The van der Waals surface area contributed by atoms with E-state index in [0.29, 0.717) is 29.1 Å². The van der Waals surface area contributed by atoms with Crippen molar-refractivity contribution in [3.8, 4) is 0 Å². The van der Waals surface area contributed by atoms with Crippen LogP contribution >= 0.6 is 11.6 Å². The second kappa shape index (κ2) is 5.99. The van der Waals surface area contributed by atoms with Crippen molar-refractivity contribution in [1.82, 2.24) is 5.32 Å². The summed E-state index contributed by atoms with van der Waals surface area (Å²) < 4.78 is 22.7. The molecule has 110 valence electrons. The first kappa shape index (κ1) is 15.1. The van der Waals surface area contributed by atoms with Crippen LogP contribution in [0.4, 0.5) is 5.69 Å². The Morgan fingerprint density at radius 3 is 2.55 bits per heavy atom. The molecule has 2 rings (SSSR count). The number of hydrogen-bond acceptors (Lipinski definition) is 5. The number of hydrazine groups is 1. The second-order valence-electron chi connectivity index (χ2n) is 4.73.